The smallest absolute Gasteiger partial charge is 0.261 e. The van der Waals surface area contributed by atoms with Crippen molar-refractivity contribution in [3.63, 3.8) is 0 Å². The molecule has 38 heavy (non-hydrogen) atoms. The van der Waals surface area contributed by atoms with Crippen LogP contribution in [-0.2, 0) is 15.8 Å². The summed E-state index contributed by atoms with van der Waals surface area (Å²) in [6.07, 6.45) is 4.25. The van der Waals surface area contributed by atoms with Gasteiger partial charge in [0.15, 0.2) is 0 Å². The van der Waals surface area contributed by atoms with E-state index in [1.54, 1.807) is 0 Å². The highest BCUT2D eigenvalue weighted by Gasteiger charge is 2.66. The quantitative estimate of drug-likeness (QED) is 0.310. The maximum absolute atomic E-state index is 7.16. The van der Waals surface area contributed by atoms with Crippen molar-refractivity contribution in [2.75, 3.05) is 5.75 Å². The first-order valence-electron chi connectivity index (χ1n) is 14.2. The molecule has 5 heteroatoms. The van der Waals surface area contributed by atoms with E-state index < -0.39 is 8.32 Å². The molecule has 3 aromatic rings. The van der Waals surface area contributed by atoms with E-state index in [2.05, 4.69) is 113 Å². The third-order valence-corrected chi connectivity index (χ3v) is 16.4. The minimum atomic E-state index is -2.61. The Bertz CT molecular complexity index is 1240. The number of fused-ring (bicyclic) bond motifs is 1. The van der Waals surface area contributed by atoms with Crippen LogP contribution in [0.3, 0.4) is 0 Å². The minimum Gasteiger partial charge on any atom is -0.402 e. The first-order valence-corrected chi connectivity index (χ1v) is 17.1. The second-order valence-corrected chi connectivity index (χ2v) is 18.5. The molecule has 2 aliphatic carbocycles. The number of pyridine rings is 1. The van der Waals surface area contributed by atoms with E-state index in [-0.39, 0.29) is 10.5 Å². The average molecular weight is 544 g/mol. The molecule has 2 bridgehead atoms. The number of rotatable bonds is 6. The van der Waals surface area contributed by atoms with Crippen LogP contribution in [0.1, 0.15) is 70.7 Å². The number of thioether (sulfide) groups is 1. The molecule has 1 aromatic heterocycles. The summed E-state index contributed by atoms with van der Waals surface area (Å²) in [6.45, 7) is 12.4. The van der Waals surface area contributed by atoms with Gasteiger partial charge in [-0.1, -0.05) is 101 Å². The summed E-state index contributed by atoms with van der Waals surface area (Å²) in [6, 6.07) is 28.1. The van der Waals surface area contributed by atoms with Gasteiger partial charge in [-0.15, -0.1) is 11.8 Å². The zero-order valence-corrected chi connectivity index (χ0v) is 25.3. The lowest BCUT2D eigenvalue weighted by Gasteiger charge is -2.47. The van der Waals surface area contributed by atoms with Crippen LogP contribution in [0.15, 0.2) is 78.9 Å². The van der Waals surface area contributed by atoms with Gasteiger partial charge in [-0.2, -0.15) is 0 Å². The Labute approximate surface area is 233 Å². The molecular formula is C33H41NO2SSi. The number of ether oxygens (including phenoxy) is 1. The van der Waals surface area contributed by atoms with Crippen LogP contribution in [0, 0.1) is 16.7 Å². The first kappa shape index (κ1) is 26.3. The third-order valence-electron chi connectivity index (χ3n) is 10.1. The fourth-order valence-corrected chi connectivity index (χ4v) is 13.9. The molecule has 4 atom stereocenters. The normalized spacial score (nSPS) is 28.3. The summed E-state index contributed by atoms with van der Waals surface area (Å²) in [5, 5.41) is 2.54. The van der Waals surface area contributed by atoms with Gasteiger partial charge in [-0.25, -0.2) is 0 Å². The summed E-state index contributed by atoms with van der Waals surface area (Å²) in [5.74, 6) is 1.97. The van der Waals surface area contributed by atoms with E-state index >= 15 is 0 Å². The fraction of sp³-hybridized carbons (Fsp3) is 0.485. The molecule has 6 rings (SSSR count). The van der Waals surface area contributed by atoms with Crippen LogP contribution in [0.2, 0.25) is 5.04 Å². The Morgan fingerprint density at radius 2 is 1.61 bits per heavy atom. The predicted molar refractivity (Wildman–Crippen MR) is 160 cm³/mol. The van der Waals surface area contributed by atoms with Crippen LogP contribution >= 0.6 is 11.8 Å². The van der Waals surface area contributed by atoms with Crippen molar-refractivity contribution in [1.82, 2.24) is 4.98 Å². The van der Waals surface area contributed by atoms with Gasteiger partial charge in [0.25, 0.3) is 8.32 Å². The summed E-state index contributed by atoms with van der Waals surface area (Å²) >= 11 is 1.96. The van der Waals surface area contributed by atoms with Gasteiger partial charge < -0.3 is 9.16 Å². The van der Waals surface area contributed by atoms with Crippen molar-refractivity contribution < 1.29 is 9.16 Å². The summed E-state index contributed by atoms with van der Waals surface area (Å²) in [7, 11) is -2.61. The van der Waals surface area contributed by atoms with Gasteiger partial charge in [0.2, 0.25) is 0 Å². The van der Waals surface area contributed by atoms with Gasteiger partial charge >= 0.3 is 0 Å². The van der Waals surface area contributed by atoms with Crippen molar-refractivity contribution in [2.24, 2.45) is 16.7 Å². The average Bonchev–Trinajstić information content (AvgIpc) is 3.29. The topological polar surface area (TPSA) is 31.4 Å². The molecule has 3 fully saturated rings. The minimum absolute atomic E-state index is 0.00795. The Kier molecular flexibility index (Phi) is 6.66. The zero-order chi connectivity index (χ0) is 26.6. The fourth-order valence-electron chi connectivity index (χ4n) is 7.75. The molecule has 1 aliphatic heterocycles. The molecule has 0 radical (unpaired) electrons. The van der Waals surface area contributed by atoms with Crippen molar-refractivity contribution in [3.8, 4) is 0 Å². The van der Waals surface area contributed by atoms with Crippen LogP contribution < -0.4 is 10.4 Å². The molecule has 200 valence electrons. The number of nitrogens with zero attached hydrogens (tertiary/aromatic N) is 1. The zero-order valence-electron chi connectivity index (χ0n) is 23.4. The van der Waals surface area contributed by atoms with E-state index in [0.717, 1.165) is 17.3 Å². The standard InChI is InChI=1S/C33H41NO2SSi/c1-31(2,3)38(26-14-8-6-9-15-26,27-16-10-7-11-17-27)35-22-25-13-12-18-28(34-25)30-36-29-21-24-19-20-33(29,23-37-30)32(24,4)5/h6-18,24,29-30H,19-23H2,1-5H3/t24-,29-,30-,33-/m1/s1. The van der Waals surface area contributed by atoms with Crippen molar-refractivity contribution in [3.05, 3.63) is 90.3 Å². The Morgan fingerprint density at radius 3 is 2.21 bits per heavy atom. The molecule has 2 saturated carbocycles. The molecule has 3 aliphatic rings. The molecule has 1 spiro atoms. The molecular weight excluding hydrogens is 503 g/mol. The molecule has 0 N–H and O–H groups in total. The van der Waals surface area contributed by atoms with E-state index in [1.165, 1.54) is 35.4 Å². The number of aromatic nitrogens is 1. The second kappa shape index (κ2) is 9.62. The lowest BCUT2D eigenvalue weighted by atomic mass is 9.69. The third kappa shape index (κ3) is 4.04. The lowest BCUT2D eigenvalue weighted by molar-refractivity contribution is -0.0681. The SMILES string of the molecule is CC1(C)[C@@H]2CC[C@]13CS[C@H](c1cccc(CO[Si](c4ccccc4)(c4ccccc4)C(C)(C)C)n1)O[C@@H]3C2. The highest BCUT2D eigenvalue weighted by atomic mass is 32.2. The summed E-state index contributed by atoms with van der Waals surface area (Å²) < 4.78 is 14.0. The van der Waals surface area contributed by atoms with E-state index in [0.29, 0.717) is 23.5 Å². The van der Waals surface area contributed by atoms with Gasteiger partial charge in [-0.3, -0.25) is 4.98 Å². The number of hydrogen-bond donors (Lipinski definition) is 0. The molecule has 0 unspecified atom stereocenters. The van der Waals surface area contributed by atoms with Crippen molar-refractivity contribution in [2.45, 2.75) is 77.1 Å². The van der Waals surface area contributed by atoms with Crippen LogP contribution in [-0.4, -0.2) is 25.2 Å². The second-order valence-electron chi connectivity index (χ2n) is 13.1. The largest absolute Gasteiger partial charge is 0.402 e. The van der Waals surface area contributed by atoms with Gasteiger partial charge in [0, 0.05) is 11.2 Å². The summed E-state index contributed by atoms with van der Waals surface area (Å²) in [5.41, 5.74) is 2.74. The first-order chi connectivity index (χ1) is 18.2. The lowest BCUT2D eigenvalue weighted by Crippen LogP contribution is -2.66. The van der Waals surface area contributed by atoms with Crippen LogP contribution in [0.4, 0.5) is 0 Å². The molecule has 2 aromatic carbocycles. The predicted octanol–water partition coefficient (Wildman–Crippen LogP) is 7.12. The molecule has 2 heterocycles. The maximum atomic E-state index is 7.16. The highest BCUT2D eigenvalue weighted by Crippen LogP contribution is 2.70. The van der Waals surface area contributed by atoms with Crippen LogP contribution in [0.5, 0.6) is 0 Å². The van der Waals surface area contributed by atoms with Crippen molar-refractivity contribution in [1.29, 1.82) is 0 Å². The number of hydrogen-bond acceptors (Lipinski definition) is 4. The molecule has 1 saturated heterocycles. The monoisotopic (exact) mass is 543 g/mol. The van der Waals surface area contributed by atoms with Crippen molar-refractivity contribution >= 4 is 30.5 Å². The van der Waals surface area contributed by atoms with Gasteiger partial charge in [0.05, 0.1) is 24.1 Å². The van der Waals surface area contributed by atoms with E-state index in [9.17, 15) is 0 Å². The number of benzene rings is 2. The van der Waals surface area contributed by atoms with Crippen LogP contribution in [0.25, 0.3) is 0 Å². The molecule has 0 amide bonds. The van der Waals surface area contributed by atoms with Gasteiger partial charge in [-0.05, 0) is 58.1 Å². The Hall–Kier alpha value is -1.92. The van der Waals surface area contributed by atoms with E-state index in [1.807, 2.05) is 11.8 Å². The summed E-state index contributed by atoms with van der Waals surface area (Å²) in [4.78, 5) is 5.13. The highest BCUT2D eigenvalue weighted by molar-refractivity contribution is 7.99. The maximum Gasteiger partial charge on any atom is 0.261 e. The van der Waals surface area contributed by atoms with E-state index in [4.69, 9.17) is 14.1 Å². The Balaban J connectivity index is 1.27. The molecule has 3 nitrogen and oxygen atoms in total. The van der Waals surface area contributed by atoms with Gasteiger partial charge in [0.1, 0.15) is 5.44 Å². The Morgan fingerprint density at radius 1 is 0.947 bits per heavy atom.